The highest BCUT2D eigenvalue weighted by molar-refractivity contribution is 5.08. The first-order valence-electron chi connectivity index (χ1n) is 5.45. The van der Waals surface area contributed by atoms with E-state index in [1.807, 2.05) is 0 Å². The first-order valence-corrected chi connectivity index (χ1v) is 5.45. The van der Waals surface area contributed by atoms with Gasteiger partial charge in [-0.1, -0.05) is 25.2 Å². The highest BCUT2D eigenvalue weighted by atomic mass is 14.3. The summed E-state index contributed by atoms with van der Waals surface area (Å²) in [4.78, 5) is 0. The fourth-order valence-corrected chi connectivity index (χ4v) is 2.58. The summed E-state index contributed by atoms with van der Waals surface area (Å²) >= 11 is 0. The van der Waals surface area contributed by atoms with Gasteiger partial charge in [0.2, 0.25) is 0 Å². The second-order valence-corrected chi connectivity index (χ2v) is 4.22. The zero-order valence-corrected chi connectivity index (χ0v) is 7.81. The van der Waals surface area contributed by atoms with Crippen LogP contribution >= 0.6 is 0 Å². The van der Waals surface area contributed by atoms with E-state index >= 15 is 0 Å². The Balaban J connectivity index is 1.91. The first-order chi connectivity index (χ1) is 5.97. The maximum atomic E-state index is 3.44. The normalized spacial score (nSPS) is 30.8. The Morgan fingerprint density at radius 2 is 1.67 bits per heavy atom. The summed E-state index contributed by atoms with van der Waals surface area (Å²) in [5, 5.41) is 0. The van der Waals surface area contributed by atoms with E-state index in [0.29, 0.717) is 0 Å². The summed E-state index contributed by atoms with van der Waals surface area (Å²) in [7, 11) is 0. The van der Waals surface area contributed by atoms with Crippen LogP contribution in [0.1, 0.15) is 51.4 Å². The Labute approximate surface area is 75.7 Å². The van der Waals surface area contributed by atoms with Crippen LogP contribution in [0.4, 0.5) is 0 Å². The average Bonchev–Trinajstić information content (AvgIpc) is 2.21. The lowest BCUT2D eigenvalue weighted by Crippen LogP contribution is -2.17. The van der Waals surface area contributed by atoms with Crippen molar-refractivity contribution in [3.63, 3.8) is 0 Å². The minimum absolute atomic E-state index is 0.777. The van der Waals surface area contributed by atoms with E-state index in [1.54, 1.807) is 0 Å². The molecule has 1 fully saturated rings. The van der Waals surface area contributed by atoms with E-state index in [0.717, 1.165) is 18.3 Å². The molecule has 66 valence electrons. The molecule has 0 heteroatoms. The van der Waals surface area contributed by atoms with Gasteiger partial charge in [-0.2, -0.15) is 0 Å². The standard InChI is InChI=1S/C12H18/c1-3-7-11(8-4-1)12-9-5-2-6-10-12/h11-12H,1-5,7-9H2. The smallest absolute Gasteiger partial charge is 0.0231 e. The van der Waals surface area contributed by atoms with Gasteiger partial charge >= 0.3 is 0 Å². The summed E-state index contributed by atoms with van der Waals surface area (Å²) in [5.74, 6) is 8.46. The summed E-state index contributed by atoms with van der Waals surface area (Å²) in [6.45, 7) is 0. The van der Waals surface area contributed by atoms with E-state index in [9.17, 15) is 0 Å². The molecule has 0 nitrogen and oxygen atoms in total. The topological polar surface area (TPSA) is 0 Å². The largest absolute Gasteiger partial charge is 0.103 e. The molecule has 0 bridgehead atoms. The lowest BCUT2D eigenvalue weighted by molar-refractivity contribution is 0.277. The Morgan fingerprint density at radius 3 is 2.33 bits per heavy atom. The maximum absolute atomic E-state index is 3.44. The van der Waals surface area contributed by atoms with E-state index < -0.39 is 0 Å². The Kier molecular flexibility index (Phi) is 2.71. The third-order valence-electron chi connectivity index (χ3n) is 3.32. The van der Waals surface area contributed by atoms with Crippen molar-refractivity contribution in [1.82, 2.24) is 0 Å². The molecule has 2 aliphatic carbocycles. The molecule has 2 aliphatic rings. The average molecular weight is 162 g/mol. The number of hydrogen-bond donors (Lipinski definition) is 0. The lowest BCUT2D eigenvalue weighted by Gasteiger charge is -2.27. The second-order valence-electron chi connectivity index (χ2n) is 4.22. The van der Waals surface area contributed by atoms with Crippen LogP contribution in [0.15, 0.2) is 0 Å². The Bertz CT molecular complexity index is 188. The molecule has 0 saturated heterocycles. The Hall–Kier alpha value is -0.440. The van der Waals surface area contributed by atoms with Gasteiger partial charge in [0, 0.05) is 12.3 Å². The molecule has 1 atom stereocenters. The van der Waals surface area contributed by atoms with Gasteiger partial charge < -0.3 is 0 Å². The molecule has 0 heterocycles. The molecule has 0 aromatic carbocycles. The highest BCUT2D eigenvalue weighted by Crippen LogP contribution is 2.33. The van der Waals surface area contributed by atoms with Gasteiger partial charge in [-0.05, 0) is 31.6 Å². The van der Waals surface area contributed by atoms with Crippen LogP contribution < -0.4 is 0 Å². The van der Waals surface area contributed by atoms with Gasteiger partial charge in [0.15, 0.2) is 0 Å². The van der Waals surface area contributed by atoms with Crippen molar-refractivity contribution in [2.45, 2.75) is 51.4 Å². The summed E-state index contributed by atoms with van der Waals surface area (Å²) in [5.41, 5.74) is 0. The van der Waals surface area contributed by atoms with Gasteiger partial charge in [0.05, 0.1) is 0 Å². The fourth-order valence-electron chi connectivity index (χ4n) is 2.58. The third-order valence-corrected chi connectivity index (χ3v) is 3.32. The molecule has 12 heavy (non-hydrogen) atoms. The van der Waals surface area contributed by atoms with E-state index in [1.165, 1.54) is 44.9 Å². The molecule has 0 spiro atoms. The molecule has 0 radical (unpaired) electrons. The summed E-state index contributed by atoms with van der Waals surface area (Å²) in [6, 6.07) is 0. The van der Waals surface area contributed by atoms with Crippen molar-refractivity contribution in [3.8, 4) is 11.8 Å². The van der Waals surface area contributed by atoms with Crippen molar-refractivity contribution in [2.75, 3.05) is 0 Å². The minimum Gasteiger partial charge on any atom is -0.103 e. The van der Waals surface area contributed by atoms with Gasteiger partial charge in [-0.3, -0.25) is 0 Å². The molecular formula is C12H18. The molecule has 0 N–H and O–H groups in total. The fraction of sp³-hybridized carbons (Fsp3) is 0.833. The number of rotatable bonds is 1. The predicted molar refractivity (Wildman–Crippen MR) is 51.7 cm³/mol. The van der Waals surface area contributed by atoms with Crippen LogP contribution in [0.2, 0.25) is 0 Å². The molecule has 0 aromatic heterocycles. The molecule has 0 amide bonds. The second kappa shape index (κ2) is 3.99. The van der Waals surface area contributed by atoms with Gasteiger partial charge in [0.1, 0.15) is 0 Å². The van der Waals surface area contributed by atoms with Crippen LogP contribution in [0, 0.1) is 23.7 Å². The third kappa shape index (κ3) is 1.83. The minimum atomic E-state index is 0.777. The molecule has 1 saturated carbocycles. The summed E-state index contributed by atoms with van der Waals surface area (Å²) in [6.07, 6.45) is 11.2. The molecular weight excluding hydrogens is 144 g/mol. The van der Waals surface area contributed by atoms with Crippen LogP contribution in [0.25, 0.3) is 0 Å². The van der Waals surface area contributed by atoms with Crippen molar-refractivity contribution in [1.29, 1.82) is 0 Å². The van der Waals surface area contributed by atoms with Crippen molar-refractivity contribution in [3.05, 3.63) is 0 Å². The summed E-state index contributed by atoms with van der Waals surface area (Å²) < 4.78 is 0. The Morgan fingerprint density at radius 1 is 0.833 bits per heavy atom. The van der Waals surface area contributed by atoms with E-state index in [2.05, 4.69) is 11.8 Å². The predicted octanol–water partition coefficient (Wildman–Crippen LogP) is 3.37. The highest BCUT2D eigenvalue weighted by Gasteiger charge is 2.22. The lowest BCUT2D eigenvalue weighted by atomic mass is 9.77. The monoisotopic (exact) mass is 162 g/mol. The van der Waals surface area contributed by atoms with Gasteiger partial charge in [0.25, 0.3) is 0 Å². The number of hydrogen-bond acceptors (Lipinski definition) is 0. The van der Waals surface area contributed by atoms with Crippen LogP contribution in [0.3, 0.4) is 0 Å². The SMILES string of the molecule is C1#CC(C2CCCCC2)CCC1. The van der Waals surface area contributed by atoms with Crippen LogP contribution in [-0.4, -0.2) is 0 Å². The van der Waals surface area contributed by atoms with Crippen molar-refractivity contribution < 1.29 is 0 Å². The van der Waals surface area contributed by atoms with Crippen molar-refractivity contribution >= 4 is 0 Å². The molecule has 1 unspecified atom stereocenters. The zero-order chi connectivity index (χ0) is 8.23. The van der Waals surface area contributed by atoms with Crippen LogP contribution in [0.5, 0.6) is 0 Å². The van der Waals surface area contributed by atoms with E-state index in [4.69, 9.17) is 0 Å². The zero-order valence-electron chi connectivity index (χ0n) is 7.81. The first kappa shape index (κ1) is 8.17. The quantitative estimate of drug-likeness (QED) is 0.518. The molecule has 0 aromatic rings. The van der Waals surface area contributed by atoms with Gasteiger partial charge in [-0.25, -0.2) is 0 Å². The van der Waals surface area contributed by atoms with Crippen LogP contribution in [-0.2, 0) is 0 Å². The molecule has 0 aliphatic heterocycles. The van der Waals surface area contributed by atoms with Gasteiger partial charge in [-0.15, -0.1) is 5.92 Å². The van der Waals surface area contributed by atoms with Crippen molar-refractivity contribution in [2.24, 2.45) is 11.8 Å². The maximum Gasteiger partial charge on any atom is 0.0231 e. The molecule has 2 rings (SSSR count). The van der Waals surface area contributed by atoms with E-state index in [-0.39, 0.29) is 0 Å².